The molecule has 1 heterocycles. The minimum absolute atomic E-state index is 0.0251. The Labute approximate surface area is 89.7 Å². The minimum atomic E-state index is -0.583. The summed E-state index contributed by atoms with van der Waals surface area (Å²) in [4.78, 5) is 12.0. The summed E-state index contributed by atoms with van der Waals surface area (Å²) < 4.78 is 5.28. The quantitative estimate of drug-likeness (QED) is 0.713. The highest BCUT2D eigenvalue weighted by Crippen LogP contribution is 2.21. The van der Waals surface area contributed by atoms with Gasteiger partial charge in [0.1, 0.15) is 17.4 Å². The van der Waals surface area contributed by atoms with Crippen LogP contribution in [0.2, 0.25) is 0 Å². The van der Waals surface area contributed by atoms with Gasteiger partial charge in [0.2, 0.25) is 0 Å². The second-order valence-electron chi connectivity index (χ2n) is 4.04. The number of hydrogen-bond donors (Lipinski definition) is 0. The van der Waals surface area contributed by atoms with Crippen molar-refractivity contribution in [2.45, 2.75) is 27.7 Å². The van der Waals surface area contributed by atoms with Gasteiger partial charge in [0.25, 0.3) is 0 Å². The summed E-state index contributed by atoms with van der Waals surface area (Å²) >= 11 is 0. The molecule has 1 rings (SSSR count). The third-order valence-corrected chi connectivity index (χ3v) is 2.39. The van der Waals surface area contributed by atoms with E-state index in [-0.39, 0.29) is 11.7 Å². The number of hydrogen-bond acceptors (Lipinski definition) is 3. The van der Waals surface area contributed by atoms with Crippen molar-refractivity contribution in [3.63, 3.8) is 0 Å². The van der Waals surface area contributed by atoms with Gasteiger partial charge in [0, 0.05) is 0 Å². The zero-order valence-electron chi connectivity index (χ0n) is 9.50. The highest BCUT2D eigenvalue weighted by Gasteiger charge is 2.25. The molecule has 1 atom stereocenters. The van der Waals surface area contributed by atoms with Crippen LogP contribution in [0.4, 0.5) is 0 Å². The van der Waals surface area contributed by atoms with Crippen molar-refractivity contribution < 1.29 is 9.21 Å². The number of aryl methyl sites for hydroxylation is 2. The molecule has 0 saturated heterocycles. The Morgan fingerprint density at radius 2 is 2.07 bits per heavy atom. The normalized spacial score (nSPS) is 12.5. The Morgan fingerprint density at radius 1 is 1.47 bits per heavy atom. The van der Waals surface area contributed by atoms with Crippen molar-refractivity contribution >= 4 is 5.78 Å². The molecule has 1 aromatic rings. The summed E-state index contributed by atoms with van der Waals surface area (Å²) in [7, 11) is 0. The fraction of sp³-hybridized carbons (Fsp3) is 0.500. The first-order valence-electron chi connectivity index (χ1n) is 4.98. The van der Waals surface area contributed by atoms with E-state index in [1.54, 1.807) is 19.9 Å². The summed E-state index contributed by atoms with van der Waals surface area (Å²) in [6.45, 7) is 7.28. The van der Waals surface area contributed by atoms with Gasteiger partial charge in [-0.1, -0.05) is 13.8 Å². The Morgan fingerprint density at radius 3 is 2.40 bits per heavy atom. The molecule has 0 aliphatic heterocycles. The molecule has 1 aromatic heterocycles. The van der Waals surface area contributed by atoms with Crippen LogP contribution in [0.1, 0.15) is 35.7 Å². The molecule has 80 valence electrons. The summed E-state index contributed by atoms with van der Waals surface area (Å²) in [6, 6.07) is 3.74. The summed E-state index contributed by atoms with van der Waals surface area (Å²) in [5.74, 6) is 0.606. The van der Waals surface area contributed by atoms with E-state index in [1.165, 1.54) is 0 Å². The summed E-state index contributed by atoms with van der Waals surface area (Å²) in [5.41, 5.74) is 0.535. The van der Waals surface area contributed by atoms with Gasteiger partial charge in [-0.15, -0.1) is 0 Å². The van der Waals surface area contributed by atoms with Crippen LogP contribution >= 0.6 is 0 Å². The molecule has 3 heteroatoms. The van der Waals surface area contributed by atoms with Gasteiger partial charge in [-0.25, -0.2) is 0 Å². The fourth-order valence-electron chi connectivity index (χ4n) is 1.55. The van der Waals surface area contributed by atoms with Crippen LogP contribution in [-0.2, 0) is 0 Å². The SMILES string of the molecule is Cc1cc(C(=O)C(C#N)C(C)C)c(C)o1. The lowest BCUT2D eigenvalue weighted by atomic mass is 9.89. The summed E-state index contributed by atoms with van der Waals surface area (Å²) in [5, 5.41) is 8.92. The van der Waals surface area contributed by atoms with Crippen LogP contribution in [0, 0.1) is 37.0 Å². The van der Waals surface area contributed by atoms with Crippen molar-refractivity contribution in [2.75, 3.05) is 0 Å². The average Bonchev–Trinajstić information content (AvgIpc) is 2.45. The van der Waals surface area contributed by atoms with E-state index in [4.69, 9.17) is 9.68 Å². The first-order valence-corrected chi connectivity index (χ1v) is 4.98. The lowest BCUT2D eigenvalue weighted by Gasteiger charge is -2.10. The van der Waals surface area contributed by atoms with E-state index in [0.717, 1.165) is 0 Å². The van der Waals surface area contributed by atoms with E-state index in [0.29, 0.717) is 17.1 Å². The summed E-state index contributed by atoms with van der Waals surface area (Å²) in [6.07, 6.45) is 0. The molecule has 0 saturated carbocycles. The van der Waals surface area contributed by atoms with E-state index < -0.39 is 5.92 Å². The lowest BCUT2D eigenvalue weighted by Crippen LogP contribution is -2.18. The molecule has 0 N–H and O–H groups in total. The van der Waals surface area contributed by atoms with E-state index in [2.05, 4.69) is 0 Å². The fourth-order valence-corrected chi connectivity index (χ4v) is 1.55. The van der Waals surface area contributed by atoms with Gasteiger partial charge < -0.3 is 4.42 Å². The van der Waals surface area contributed by atoms with Gasteiger partial charge in [-0.05, 0) is 25.8 Å². The maximum Gasteiger partial charge on any atom is 0.183 e. The Balaban J connectivity index is 3.04. The maximum atomic E-state index is 12.0. The van der Waals surface area contributed by atoms with Crippen molar-refractivity contribution in [1.82, 2.24) is 0 Å². The van der Waals surface area contributed by atoms with Gasteiger partial charge in [-0.2, -0.15) is 5.26 Å². The van der Waals surface area contributed by atoms with Gasteiger partial charge >= 0.3 is 0 Å². The molecule has 1 unspecified atom stereocenters. The molecule has 3 nitrogen and oxygen atoms in total. The van der Waals surface area contributed by atoms with Crippen LogP contribution < -0.4 is 0 Å². The molecule has 0 spiro atoms. The Bertz CT molecular complexity index is 410. The second-order valence-corrected chi connectivity index (χ2v) is 4.04. The molecule has 0 amide bonds. The number of carbonyl (C=O) groups excluding carboxylic acids is 1. The first-order chi connectivity index (χ1) is 6.97. The van der Waals surface area contributed by atoms with E-state index >= 15 is 0 Å². The first kappa shape index (κ1) is 11.5. The van der Waals surface area contributed by atoms with Crippen LogP contribution in [0.25, 0.3) is 0 Å². The van der Waals surface area contributed by atoms with Crippen LogP contribution in [0.5, 0.6) is 0 Å². The zero-order valence-corrected chi connectivity index (χ0v) is 9.50. The predicted octanol–water partition coefficient (Wildman–Crippen LogP) is 2.87. The molecule has 0 aromatic carbocycles. The number of ketones is 1. The molecule has 0 fully saturated rings. The smallest absolute Gasteiger partial charge is 0.183 e. The number of furan rings is 1. The Kier molecular flexibility index (Phi) is 3.31. The van der Waals surface area contributed by atoms with Gasteiger partial charge in [0.15, 0.2) is 5.78 Å². The molecular weight excluding hydrogens is 190 g/mol. The number of rotatable bonds is 3. The predicted molar refractivity (Wildman–Crippen MR) is 56.5 cm³/mol. The van der Waals surface area contributed by atoms with E-state index in [9.17, 15) is 4.79 Å². The van der Waals surface area contributed by atoms with Crippen LogP contribution in [0.3, 0.4) is 0 Å². The molecule has 0 aliphatic rings. The number of Topliss-reactive ketones (excluding diaryl/α,β-unsaturated/α-hetero) is 1. The largest absolute Gasteiger partial charge is 0.466 e. The molecule has 0 bridgehead atoms. The van der Waals surface area contributed by atoms with Crippen molar-refractivity contribution in [1.29, 1.82) is 5.26 Å². The molecule has 0 radical (unpaired) electrons. The third kappa shape index (κ3) is 2.27. The van der Waals surface area contributed by atoms with Crippen LogP contribution in [0.15, 0.2) is 10.5 Å². The number of carbonyl (C=O) groups is 1. The third-order valence-electron chi connectivity index (χ3n) is 2.39. The monoisotopic (exact) mass is 205 g/mol. The lowest BCUT2D eigenvalue weighted by molar-refractivity contribution is 0.0923. The van der Waals surface area contributed by atoms with Crippen LogP contribution in [-0.4, -0.2) is 5.78 Å². The van der Waals surface area contributed by atoms with Gasteiger partial charge in [0.05, 0.1) is 11.6 Å². The van der Waals surface area contributed by atoms with Crippen molar-refractivity contribution in [3.8, 4) is 6.07 Å². The van der Waals surface area contributed by atoms with Crippen molar-refractivity contribution in [2.24, 2.45) is 11.8 Å². The van der Waals surface area contributed by atoms with Gasteiger partial charge in [-0.3, -0.25) is 4.79 Å². The highest BCUT2D eigenvalue weighted by atomic mass is 16.3. The molecular formula is C12H15NO2. The standard InChI is InChI=1S/C12H15NO2/c1-7(2)11(6-13)12(14)10-5-8(3)15-9(10)4/h5,7,11H,1-4H3. The van der Waals surface area contributed by atoms with Crippen molar-refractivity contribution in [3.05, 3.63) is 23.2 Å². The molecule has 15 heavy (non-hydrogen) atoms. The topological polar surface area (TPSA) is 54.0 Å². The molecule has 0 aliphatic carbocycles. The zero-order chi connectivity index (χ0) is 11.6. The average molecular weight is 205 g/mol. The van der Waals surface area contributed by atoms with E-state index in [1.807, 2.05) is 19.9 Å². The minimum Gasteiger partial charge on any atom is -0.466 e. The number of nitriles is 1. The maximum absolute atomic E-state index is 12.0. The number of nitrogens with zero attached hydrogens (tertiary/aromatic N) is 1. The Hall–Kier alpha value is -1.56. The highest BCUT2D eigenvalue weighted by molar-refractivity contribution is 6.00. The second kappa shape index (κ2) is 4.31.